The SMILES string of the molecule is CCC(=O)[O-].CCOC(=O)CCNS(=O)(=O)c1ccc2[nH]c(=O)c3[nH]ccc3c2c1. The predicted octanol–water partition coefficient (Wildman–Crippen LogP) is 0.387. The van der Waals surface area contributed by atoms with Crippen molar-refractivity contribution in [1.29, 1.82) is 0 Å². The number of carbonyl (C=O) groups is 2. The van der Waals surface area contributed by atoms with E-state index in [2.05, 4.69) is 14.7 Å². The van der Waals surface area contributed by atoms with Gasteiger partial charge < -0.3 is 24.6 Å². The lowest BCUT2D eigenvalue weighted by atomic mass is 10.1. The van der Waals surface area contributed by atoms with Crippen molar-refractivity contribution < 1.29 is 27.9 Å². The maximum absolute atomic E-state index is 12.4. The molecule has 162 valence electrons. The monoisotopic (exact) mass is 436 g/mol. The zero-order valence-corrected chi connectivity index (χ0v) is 17.3. The summed E-state index contributed by atoms with van der Waals surface area (Å²) >= 11 is 0. The van der Waals surface area contributed by atoms with E-state index in [0.29, 0.717) is 21.8 Å². The highest BCUT2D eigenvalue weighted by molar-refractivity contribution is 7.89. The zero-order valence-electron chi connectivity index (χ0n) is 16.5. The number of fused-ring (bicyclic) bond motifs is 3. The van der Waals surface area contributed by atoms with Crippen LogP contribution in [0.4, 0.5) is 0 Å². The van der Waals surface area contributed by atoms with Crippen LogP contribution >= 0.6 is 0 Å². The van der Waals surface area contributed by atoms with E-state index in [9.17, 15) is 27.9 Å². The van der Waals surface area contributed by atoms with Gasteiger partial charge in [-0.2, -0.15) is 0 Å². The largest absolute Gasteiger partial charge is 0.550 e. The fourth-order valence-electron chi connectivity index (χ4n) is 2.59. The third kappa shape index (κ3) is 5.67. The molecule has 2 heterocycles. The minimum Gasteiger partial charge on any atom is -0.550 e. The van der Waals surface area contributed by atoms with Gasteiger partial charge in [-0.3, -0.25) is 9.59 Å². The minimum atomic E-state index is -3.78. The summed E-state index contributed by atoms with van der Waals surface area (Å²) in [7, 11) is -3.78. The lowest BCUT2D eigenvalue weighted by Crippen LogP contribution is -2.26. The molecule has 3 rings (SSSR count). The standard InChI is InChI=1S/C16H17N3O5S.C3H6O2/c1-2-24-14(20)6-8-18-25(22,23)10-3-4-13-12(9-10)11-5-7-17-15(11)16(21)19-13;1-2-3(4)5/h3-5,7,9,17-18H,2,6,8H2,1H3,(H,19,21);2H2,1H3,(H,4,5)/p-1. The van der Waals surface area contributed by atoms with Crippen LogP contribution < -0.4 is 15.4 Å². The number of aromatic amines is 2. The first kappa shape index (κ1) is 23.1. The summed E-state index contributed by atoms with van der Waals surface area (Å²) in [5.74, 6) is -1.46. The molecule has 11 heteroatoms. The van der Waals surface area contributed by atoms with Gasteiger partial charge in [0, 0.05) is 35.0 Å². The van der Waals surface area contributed by atoms with Gasteiger partial charge in [0.05, 0.1) is 17.9 Å². The Labute approximate surface area is 172 Å². The molecule has 0 saturated heterocycles. The molecule has 30 heavy (non-hydrogen) atoms. The Morgan fingerprint density at radius 1 is 1.17 bits per heavy atom. The van der Waals surface area contributed by atoms with Crippen molar-refractivity contribution >= 4 is 43.8 Å². The summed E-state index contributed by atoms with van der Waals surface area (Å²) in [5.41, 5.74) is 0.663. The highest BCUT2D eigenvalue weighted by Gasteiger charge is 2.16. The van der Waals surface area contributed by atoms with Crippen LogP contribution in [0.5, 0.6) is 0 Å². The van der Waals surface area contributed by atoms with E-state index < -0.39 is 22.0 Å². The first-order valence-corrected chi connectivity index (χ1v) is 10.7. The molecular formula is C19H22N3O7S-. The Morgan fingerprint density at radius 2 is 1.87 bits per heavy atom. The van der Waals surface area contributed by atoms with Crippen LogP contribution in [0.15, 0.2) is 40.2 Å². The van der Waals surface area contributed by atoms with E-state index in [-0.39, 0.29) is 36.4 Å². The number of esters is 1. The van der Waals surface area contributed by atoms with Crippen LogP contribution in [-0.2, 0) is 24.3 Å². The molecule has 3 N–H and O–H groups in total. The number of rotatable bonds is 7. The molecule has 0 aliphatic rings. The molecule has 0 spiro atoms. The van der Waals surface area contributed by atoms with Crippen molar-refractivity contribution in [3.8, 4) is 0 Å². The van der Waals surface area contributed by atoms with Crippen LogP contribution in [0.25, 0.3) is 21.8 Å². The van der Waals surface area contributed by atoms with Crippen LogP contribution in [0, 0.1) is 0 Å². The molecule has 0 atom stereocenters. The van der Waals surface area contributed by atoms with Crippen molar-refractivity contribution in [2.75, 3.05) is 13.2 Å². The van der Waals surface area contributed by atoms with Crippen molar-refractivity contribution in [2.45, 2.75) is 31.6 Å². The van der Waals surface area contributed by atoms with Crippen LogP contribution in [0.3, 0.4) is 0 Å². The number of pyridine rings is 1. The summed E-state index contributed by atoms with van der Waals surface area (Å²) < 4.78 is 32.0. The third-order valence-electron chi connectivity index (χ3n) is 4.03. The van der Waals surface area contributed by atoms with Gasteiger partial charge in [-0.1, -0.05) is 6.92 Å². The Morgan fingerprint density at radius 3 is 2.50 bits per heavy atom. The second kappa shape index (κ2) is 10.0. The first-order valence-electron chi connectivity index (χ1n) is 9.17. The van der Waals surface area contributed by atoms with Crippen molar-refractivity contribution in [1.82, 2.24) is 14.7 Å². The number of benzene rings is 1. The number of aliphatic carboxylic acids is 1. The molecule has 0 radical (unpaired) electrons. The molecule has 2 aromatic heterocycles. The van der Waals surface area contributed by atoms with E-state index in [0.717, 1.165) is 0 Å². The average Bonchev–Trinajstić information content (AvgIpc) is 3.19. The fourth-order valence-corrected chi connectivity index (χ4v) is 3.65. The normalized spacial score (nSPS) is 11.1. The lowest BCUT2D eigenvalue weighted by Gasteiger charge is -2.08. The van der Waals surface area contributed by atoms with Gasteiger partial charge in [-0.25, -0.2) is 13.1 Å². The molecule has 1 aromatic carbocycles. The first-order chi connectivity index (χ1) is 14.2. The number of hydrogen-bond donors (Lipinski definition) is 3. The number of H-pyrrole nitrogens is 2. The van der Waals surface area contributed by atoms with E-state index in [1.54, 1.807) is 25.3 Å². The number of sulfonamides is 1. The van der Waals surface area contributed by atoms with Gasteiger partial charge in [0.1, 0.15) is 5.52 Å². The number of carbonyl (C=O) groups excluding carboxylic acids is 2. The maximum atomic E-state index is 12.4. The molecular weight excluding hydrogens is 414 g/mol. The Bertz CT molecular complexity index is 1210. The molecule has 0 aliphatic carbocycles. The highest BCUT2D eigenvalue weighted by atomic mass is 32.2. The summed E-state index contributed by atoms with van der Waals surface area (Å²) in [6.45, 7) is 3.42. The van der Waals surface area contributed by atoms with Crippen molar-refractivity contribution in [3.63, 3.8) is 0 Å². The number of carboxylic acid groups (broad SMARTS) is 1. The van der Waals surface area contributed by atoms with Gasteiger partial charge >= 0.3 is 5.97 Å². The van der Waals surface area contributed by atoms with Gasteiger partial charge in [0.25, 0.3) is 5.56 Å². The van der Waals surface area contributed by atoms with E-state index >= 15 is 0 Å². The number of hydrogen-bond acceptors (Lipinski definition) is 7. The van der Waals surface area contributed by atoms with Crippen LogP contribution in [0.2, 0.25) is 0 Å². The highest BCUT2D eigenvalue weighted by Crippen LogP contribution is 2.23. The van der Waals surface area contributed by atoms with Gasteiger partial charge in [-0.15, -0.1) is 0 Å². The lowest BCUT2D eigenvalue weighted by molar-refractivity contribution is -0.305. The summed E-state index contributed by atoms with van der Waals surface area (Å²) in [6.07, 6.45) is 1.69. The Hall–Kier alpha value is -3.18. The molecule has 0 unspecified atom stereocenters. The number of aromatic nitrogens is 2. The number of ether oxygens (including phenoxy) is 1. The molecule has 10 nitrogen and oxygen atoms in total. The van der Waals surface area contributed by atoms with Crippen molar-refractivity contribution in [3.05, 3.63) is 40.8 Å². The molecule has 0 bridgehead atoms. The number of nitrogens with one attached hydrogen (secondary N) is 3. The second-order valence-electron chi connectivity index (χ2n) is 6.11. The quantitative estimate of drug-likeness (QED) is 0.451. The Kier molecular flexibility index (Phi) is 7.72. The van der Waals surface area contributed by atoms with Gasteiger partial charge in [-0.05, 0) is 37.6 Å². The predicted molar refractivity (Wildman–Crippen MR) is 108 cm³/mol. The van der Waals surface area contributed by atoms with E-state index in [1.807, 2.05) is 0 Å². The third-order valence-corrected chi connectivity index (χ3v) is 5.49. The van der Waals surface area contributed by atoms with Crippen LogP contribution in [0.1, 0.15) is 26.7 Å². The minimum absolute atomic E-state index is 0.0456. The van der Waals surface area contributed by atoms with E-state index in [4.69, 9.17) is 4.74 Å². The second-order valence-corrected chi connectivity index (χ2v) is 7.87. The number of carboxylic acids is 1. The zero-order chi connectivity index (χ0) is 22.3. The van der Waals surface area contributed by atoms with Gasteiger partial charge in [0.2, 0.25) is 10.0 Å². The summed E-state index contributed by atoms with van der Waals surface area (Å²) in [5, 5.41) is 10.5. The summed E-state index contributed by atoms with van der Waals surface area (Å²) in [4.78, 5) is 38.1. The van der Waals surface area contributed by atoms with E-state index in [1.165, 1.54) is 19.1 Å². The van der Waals surface area contributed by atoms with Crippen LogP contribution in [-0.4, -0.2) is 43.5 Å². The molecule has 0 amide bonds. The van der Waals surface area contributed by atoms with Crippen molar-refractivity contribution in [2.24, 2.45) is 0 Å². The summed E-state index contributed by atoms with van der Waals surface area (Å²) in [6, 6.07) is 6.16. The molecule has 0 fully saturated rings. The fraction of sp³-hybridized carbons (Fsp3) is 0.316. The molecule has 0 saturated carbocycles. The van der Waals surface area contributed by atoms with Gasteiger partial charge in [0.15, 0.2) is 0 Å². The topological polar surface area (TPSA) is 161 Å². The molecule has 0 aliphatic heterocycles. The maximum Gasteiger partial charge on any atom is 0.307 e. The average molecular weight is 436 g/mol. The molecule has 3 aromatic rings. The Balaban J connectivity index is 0.000000575. The smallest absolute Gasteiger partial charge is 0.307 e.